The Morgan fingerprint density at radius 1 is 1.10 bits per heavy atom. The summed E-state index contributed by atoms with van der Waals surface area (Å²) in [6.07, 6.45) is 6.02. The third-order valence-corrected chi connectivity index (χ3v) is 5.66. The number of para-hydroxylation sites is 1. The highest BCUT2D eigenvalue weighted by atomic mass is 79.9. The average molecular weight is 479 g/mol. The Balaban J connectivity index is 0.00000132. The Morgan fingerprint density at radius 2 is 1.81 bits per heavy atom. The molecule has 1 aliphatic rings. The van der Waals surface area contributed by atoms with Gasteiger partial charge >= 0.3 is 0 Å². The summed E-state index contributed by atoms with van der Waals surface area (Å²) in [6.45, 7) is 5.49. The fourth-order valence-corrected chi connectivity index (χ4v) is 3.59. The van der Waals surface area contributed by atoms with E-state index in [4.69, 9.17) is 0 Å². The van der Waals surface area contributed by atoms with Crippen LogP contribution in [0.2, 0.25) is 0 Å². The molecular formula is C25H27BrN4O. The van der Waals surface area contributed by atoms with E-state index in [0.29, 0.717) is 17.9 Å². The third kappa shape index (κ3) is 5.73. The summed E-state index contributed by atoms with van der Waals surface area (Å²) in [4.78, 5) is 19.4. The number of carbonyl (C=O) groups is 1. The van der Waals surface area contributed by atoms with E-state index in [9.17, 15) is 4.79 Å². The highest BCUT2D eigenvalue weighted by molar-refractivity contribution is 9.11. The number of carbonyl (C=O) groups excluding carboxylic acids is 1. The molecule has 0 fully saturated rings. The van der Waals surface area contributed by atoms with E-state index in [1.54, 1.807) is 6.20 Å². The van der Waals surface area contributed by atoms with Crippen LogP contribution >= 0.6 is 15.9 Å². The van der Waals surface area contributed by atoms with Crippen LogP contribution in [0.3, 0.4) is 0 Å². The highest BCUT2D eigenvalue weighted by Crippen LogP contribution is 2.22. The molecule has 0 atom stereocenters. The number of hydrogen-bond acceptors (Lipinski definition) is 4. The molecule has 0 saturated carbocycles. The number of amides is 1. The van der Waals surface area contributed by atoms with Crippen molar-refractivity contribution in [2.45, 2.75) is 13.8 Å². The van der Waals surface area contributed by atoms with E-state index < -0.39 is 0 Å². The van der Waals surface area contributed by atoms with Gasteiger partial charge in [-0.05, 0) is 51.2 Å². The number of benzene rings is 2. The van der Waals surface area contributed by atoms with Crippen molar-refractivity contribution in [3.8, 4) is 0 Å². The quantitative estimate of drug-likeness (QED) is 0.439. The molecule has 0 spiro atoms. The van der Waals surface area contributed by atoms with Gasteiger partial charge in [0.15, 0.2) is 0 Å². The van der Waals surface area contributed by atoms with Crippen LogP contribution in [0.15, 0.2) is 83.1 Å². The number of nitrogens with one attached hydrogen (secondary N) is 2. The molecular weight excluding hydrogens is 452 g/mol. The van der Waals surface area contributed by atoms with E-state index in [2.05, 4.69) is 48.6 Å². The lowest BCUT2D eigenvalue weighted by molar-refractivity contribution is 0.102. The van der Waals surface area contributed by atoms with E-state index in [0.717, 1.165) is 27.6 Å². The van der Waals surface area contributed by atoms with Gasteiger partial charge in [0.05, 0.1) is 10.2 Å². The van der Waals surface area contributed by atoms with E-state index in [-0.39, 0.29) is 5.91 Å². The maximum Gasteiger partial charge on any atom is 0.258 e. The first kappa shape index (κ1) is 22.6. The molecule has 1 aromatic heterocycles. The van der Waals surface area contributed by atoms with Gasteiger partial charge in [-0.15, -0.1) is 0 Å². The number of hydrogen-bond donors (Lipinski definition) is 2. The molecule has 160 valence electrons. The molecule has 0 bridgehead atoms. The van der Waals surface area contributed by atoms with Crippen LogP contribution in [-0.2, 0) is 0 Å². The minimum absolute atomic E-state index is 0.190. The van der Waals surface area contributed by atoms with Crippen LogP contribution in [-0.4, -0.2) is 35.9 Å². The molecule has 6 heteroatoms. The predicted octanol–water partition coefficient (Wildman–Crippen LogP) is 6.03. The van der Waals surface area contributed by atoms with Crippen molar-refractivity contribution in [3.63, 3.8) is 0 Å². The zero-order valence-electron chi connectivity index (χ0n) is 18.0. The lowest BCUT2D eigenvalue weighted by atomic mass is 10.1. The first-order valence-corrected chi connectivity index (χ1v) is 11.2. The topological polar surface area (TPSA) is 57.3 Å². The molecule has 5 nitrogen and oxygen atoms in total. The van der Waals surface area contributed by atoms with E-state index in [1.807, 2.05) is 75.5 Å². The predicted molar refractivity (Wildman–Crippen MR) is 134 cm³/mol. The van der Waals surface area contributed by atoms with Crippen molar-refractivity contribution >= 4 is 44.1 Å². The Morgan fingerprint density at radius 3 is 2.58 bits per heavy atom. The lowest BCUT2D eigenvalue weighted by Gasteiger charge is -2.22. The number of halogens is 1. The van der Waals surface area contributed by atoms with Gasteiger partial charge in [0.2, 0.25) is 0 Å². The van der Waals surface area contributed by atoms with Crippen molar-refractivity contribution in [3.05, 3.63) is 88.7 Å². The molecule has 4 rings (SSSR count). The fourth-order valence-electron chi connectivity index (χ4n) is 3.15. The van der Waals surface area contributed by atoms with Crippen LogP contribution in [0.25, 0.3) is 10.8 Å². The molecule has 31 heavy (non-hydrogen) atoms. The van der Waals surface area contributed by atoms with Gasteiger partial charge in [-0.1, -0.05) is 56.3 Å². The van der Waals surface area contributed by atoms with E-state index >= 15 is 0 Å². The summed E-state index contributed by atoms with van der Waals surface area (Å²) in [5.41, 5.74) is 2.54. The second kappa shape index (κ2) is 10.8. The zero-order chi connectivity index (χ0) is 22.2. The number of rotatable bonds is 5. The number of anilines is 2. The summed E-state index contributed by atoms with van der Waals surface area (Å²) in [7, 11) is 2.03. The molecule has 0 unspecified atom stereocenters. The van der Waals surface area contributed by atoms with Crippen LogP contribution in [0.4, 0.5) is 11.5 Å². The van der Waals surface area contributed by atoms with Gasteiger partial charge in [0.25, 0.3) is 5.91 Å². The normalized spacial score (nSPS) is 13.0. The van der Waals surface area contributed by atoms with Gasteiger partial charge in [0, 0.05) is 37.4 Å². The van der Waals surface area contributed by atoms with Crippen LogP contribution < -0.4 is 10.6 Å². The summed E-state index contributed by atoms with van der Waals surface area (Å²) in [5, 5.41) is 8.37. The minimum Gasteiger partial charge on any atom is -0.380 e. The number of pyridine rings is 1. The summed E-state index contributed by atoms with van der Waals surface area (Å²) < 4.78 is 1.05. The monoisotopic (exact) mass is 478 g/mol. The summed E-state index contributed by atoms with van der Waals surface area (Å²) >= 11 is 3.56. The molecule has 2 N–H and O–H groups in total. The zero-order valence-corrected chi connectivity index (χ0v) is 19.6. The maximum absolute atomic E-state index is 12.9. The SMILES string of the molecule is CC.CN1CC=C(CNc2ccccc2C(=O)Nc2cc3ccccc3cn2)C=C1Br. The van der Waals surface area contributed by atoms with Crippen molar-refractivity contribution < 1.29 is 4.79 Å². The highest BCUT2D eigenvalue weighted by Gasteiger charge is 2.13. The van der Waals surface area contributed by atoms with Crippen LogP contribution in [0, 0.1) is 0 Å². The molecule has 0 saturated heterocycles. The smallest absolute Gasteiger partial charge is 0.258 e. The number of aromatic nitrogens is 1. The molecule has 0 radical (unpaired) electrons. The third-order valence-electron chi connectivity index (χ3n) is 4.82. The van der Waals surface area contributed by atoms with Crippen molar-refractivity contribution in [2.75, 3.05) is 30.8 Å². The van der Waals surface area contributed by atoms with Gasteiger partial charge < -0.3 is 15.5 Å². The second-order valence-corrected chi connectivity index (χ2v) is 7.71. The van der Waals surface area contributed by atoms with Gasteiger partial charge in [-0.3, -0.25) is 4.79 Å². The van der Waals surface area contributed by atoms with Gasteiger partial charge in [-0.2, -0.15) is 0 Å². The Bertz CT molecular complexity index is 1120. The largest absolute Gasteiger partial charge is 0.380 e. The molecule has 2 aromatic carbocycles. The average Bonchev–Trinajstić information content (AvgIpc) is 2.81. The van der Waals surface area contributed by atoms with Gasteiger partial charge in [-0.25, -0.2) is 4.98 Å². The molecule has 1 amide bonds. The minimum atomic E-state index is -0.190. The van der Waals surface area contributed by atoms with Crippen molar-refractivity contribution in [2.24, 2.45) is 0 Å². The number of likely N-dealkylation sites (N-methyl/N-ethyl adjacent to an activating group) is 1. The second-order valence-electron chi connectivity index (χ2n) is 6.90. The first-order chi connectivity index (χ1) is 15.1. The van der Waals surface area contributed by atoms with Crippen LogP contribution in [0.5, 0.6) is 0 Å². The van der Waals surface area contributed by atoms with Gasteiger partial charge in [0.1, 0.15) is 5.82 Å². The van der Waals surface area contributed by atoms with E-state index in [1.165, 1.54) is 5.57 Å². The van der Waals surface area contributed by atoms with Crippen molar-refractivity contribution in [1.82, 2.24) is 9.88 Å². The summed E-state index contributed by atoms with van der Waals surface area (Å²) in [5.74, 6) is 0.346. The standard InChI is InChI=1S/C23H21BrN4O.C2H6/c1-28-11-10-16(12-21(28)24)14-25-20-9-5-4-8-19(20)23(29)27-22-13-17-6-2-3-7-18(17)15-26-22;1-2/h2-10,12-13,15,25H,11,14H2,1H3,(H,26,27,29);1-2H3. The molecule has 1 aliphatic heterocycles. The first-order valence-electron chi connectivity index (χ1n) is 10.4. The number of nitrogens with zero attached hydrogens (tertiary/aromatic N) is 2. The molecule has 2 heterocycles. The molecule has 0 aliphatic carbocycles. The lowest BCUT2D eigenvalue weighted by Crippen LogP contribution is -2.20. The number of fused-ring (bicyclic) bond motifs is 1. The Labute approximate surface area is 192 Å². The fraction of sp³-hybridized carbons (Fsp3) is 0.200. The maximum atomic E-state index is 12.9. The summed E-state index contributed by atoms with van der Waals surface area (Å²) in [6, 6.07) is 17.3. The van der Waals surface area contributed by atoms with Crippen molar-refractivity contribution in [1.29, 1.82) is 0 Å². The Hall–Kier alpha value is -3.12. The van der Waals surface area contributed by atoms with Crippen LogP contribution in [0.1, 0.15) is 24.2 Å². The Kier molecular flexibility index (Phi) is 7.84. The molecule has 3 aromatic rings.